The average molecular weight is 553 g/mol. The van der Waals surface area contributed by atoms with Crippen molar-refractivity contribution in [1.29, 1.82) is 0 Å². The molecule has 41 heavy (non-hydrogen) atoms. The van der Waals surface area contributed by atoms with Gasteiger partial charge in [0, 0.05) is 49.3 Å². The molecule has 2 aromatic heterocycles. The Hall–Kier alpha value is -4.44. The zero-order chi connectivity index (χ0) is 28.3. The van der Waals surface area contributed by atoms with Gasteiger partial charge in [-0.15, -0.1) is 0 Å². The molecule has 1 amide bonds. The van der Waals surface area contributed by atoms with Crippen LogP contribution >= 0.6 is 0 Å². The van der Waals surface area contributed by atoms with Crippen molar-refractivity contribution in [3.05, 3.63) is 61.6 Å². The van der Waals surface area contributed by atoms with E-state index in [0.29, 0.717) is 29.0 Å². The number of likely N-dealkylation sites (tertiary alicyclic amines) is 1. The number of fused-ring (bicyclic) bond motifs is 1. The van der Waals surface area contributed by atoms with E-state index in [0.717, 1.165) is 53.8 Å². The second kappa shape index (κ2) is 11.6. The normalized spacial score (nSPS) is 16.2. The van der Waals surface area contributed by atoms with Gasteiger partial charge in [-0.05, 0) is 63.0 Å². The number of nitrogens with zero attached hydrogens (tertiary/aromatic N) is 6. The molecule has 10 heteroatoms. The molecule has 10 nitrogen and oxygen atoms in total. The van der Waals surface area contributed by atoms with Gasteiger partial charge in [0.05, 0.1) is 41.6 Å². The number of benzene rings is 2. The zero-order valence-electron chi connectivity index (χ0n) is 23.6. The van der Waals surface area contributed by atoms with Crippen LogP contribution in [0.3, 0.4) is 0 Å². The number of carbonyl (C=O) groups is 1. The SMILES string of the molecule is C=CC(=O)Nc1cc(Nc2cc(-c3ccc4c(cnn4C)c3)ncn2)c(OC)cc1N1CCC(N2CCCC2)CC1. The molecule has 0 aliphatic carbocycles. The highest BCUT2D eigenvalue weighted by Gasteiger charge is 2.28. The molecule has 0 atom stereocenters. The zero-order valence-corrected chi connectivity index (χ0v) is 23.6. The Balaban J connectivity index is 1.27. The summed E-state index contributed by atoms with van der Waals surface area (Å²) in [7, 11) is 3.58. The third-order valence-electron chi connectivity index (χ3n) is 8.20. The van der Waals surface area contributed by atoms with Gasteiger partial charge >= 0.3 is 0 Å². The first-order valence-electron chi connectivity index (χ1n) is 14.2. The first kappa shape index (κ1) is 26.8. The van der Waals surface area contributed by atoms with E-state index in [1.807, 2.05) is 48.3 Å². The molecule has 0 bridgehead atoms. The van der Waals surface area contributed by atoms with E-state index in [9.17, 15) is 4.79 Å². The summed E-state index contributed by atoms with van der Waals surface area (Å²) >= 11 is 0. The quantitative estimate of drug-likeness (QED) is 0.296. The van der Waals surface area contributed by atoms with Gasteiger partial charge in [0.2, 0.25) is 5.91 Å². The molecule has 2 saturated heterocycles. The van der Waals surface area contributed by atoms with Crippen LogP contribution < -0.4 is 20.3 Å². The van der Waals surface area contributed by atoms with Crippen LogP contribution in [0.1, 0.15) is 25.7 Å². The number of ether oxygens (including phenoxy) is 1. The summed E-state index contributed by atoms with van der Waals surface area (Å²) < 4.78 is 7.67. The molecule has 4 heterocycles. The van der Waals surface area contributed by atoms with E-state index in [2.05, 4.69) is 48.1 Å². The van der Waals surface area contributed by atoms with Crippen LogP contribution in [0.25, 0.3) is 22.2 Å². The average Bonchev–Trinajstić information content (AvgIpc) is 3.68. The van der Waals surface area contributed by atoms with Gasteiger partial charge in [-0.25, -0.2) is 9.97 Å². The Bertz CT molecular complexity index is 1570. The van der Waals surface area contributed by atoms with Gasteiger partial charge in [-0.1, -0.05) is 12.6 Å². The van der Waals surface area contributed by atoms with Crippen molar-refractivity contribution in [3.63, 3.8) is 0 Å². The molecule has 2 aromatic carbocycles. The van der Waals surface area contributed by atoms with Crippen LogP contribution in [-0.4, -0.2) is 69.9 Å². The number of aromatic nitrogens is 4. The largest absolute Gasteiger partial charge is 0.494 e. The van der Waals surface area contributed by atoms with E-state index in [-0.39, 0.29) is 5.91 Å². The lowest BCUT2D eigenvalue weighted by Gasteiger charge is -2.38. The molecule has 0 saturated carbocycles. The van der Waals surface area contributed by atoms with Crippen LogP contribution in [0.2, 0.25) is 0 Å². The summed E-state index contributed by atoms with van der Waals surface area (Å²) in [4.78, 5) is 26.4. The fourth-order valence-corrected chi connectivity index (χ4v) is 6.00. The van der Waals surface area contributed by atoms with Gasteiger partial charge in [0.25, 0.3) is 0 Å². The fraction of sp³-hybridized carbons (Fsp3) is 0.355. The lowest BCUT2D eigenvalue weighted by Crippen LogP contribution is -2.44. The summed E-state index contributed by atoms with van der Waals surface area (Å²) in [6.45, 7) is 7.91. The van der Waals surface area contributed by atoms with Gasteiger partial charge in [-0.3, -0.25) is 9.48 Å². The Morgan fingerprint density at radius 3 is 2.61 bits per heavy atom. The molecule has 2 N–H and O–H groups in total. The number of aryl methyl sites for hydroxylation is 1. The van der Waals surface area contributed by atoms with Crippen LogP contribution in [-0.2, 0) is 11.8 Å². The number of hydrogen-bond donors (Lipinski definition) is 2. The van der Waals surface area contributed by atoms with E-state index in [1.165, 1.54) is 38.3 Å². The highest BCUT2D eigenvalue weighted by atomic mass is 16.5. The highest BCUT2D eigenvalue weighted by molar-refractivity contribution is 6.02. The molecule has 212 valence electrons. The molecule has 2 aliphatic heterocycles. The Labute approximate surface area is 240 Å². The van der Waals surface area contributed by atoms with E-state index >= 15 is 0 Å². The standard InChI is InChI=1S/C31H36N8O2/c1-4-31(40)36-25-16-26(29(41-3)18-28(25)39-13-9-23(10-14-39)38-11-5-6-12-38)35-30-17-24(32-20-33-30)21-7-8-27-22(15-21)19-34-37(27)2/h4,7-8,15-20,23H,1,5-6,9-14H2,2-3H3,(H,36,40)(H,32,33,35). The van der Waals surface area contributed by atoms with Crippen LogP contribution in [0, 0.1) is 0 Å². The number of hydrogen-bond acceptors (Lipinski definition) is 8. The van der Waals surface area contributed by atoms with Crippen LogP contribution in [0.5, 0.6) is 5.75 Å². The van der Waals surface area contributed by atoms with Crippen molar-refractivity contribution < 1.29 is 9.53 Å². The van der Waals surface area contributed by atoms with Gasteiger partial charge in [-0.2, -0.15) is 5.10 Å². The lowest BCUT2D eigenvalue weighted by molar-refractivity contribution is -0.111. The molecule has 0 unspecified atom stereocenters. The predicted molar refractivity (Wildman–Crippen MR) is 163 cm³/mol. The Kier molecular flexibility index (Phi) is 7.56. The monoisotopic (exact) mass is 552 g/mol. The number of piperidine rings is 1. The molecule has 2 fully saturated rings. The fourth-order valence-electron chi connectivity index (χ4n) is 6.00. The summed E-state index contributed by atoms with van der Waals surface area (Å²) in [5, 5.41) is 11.8. The minimum absolute atomic E-state index is 0.260. The van der Waals surface area contributed by atoms with Crippen LogP contribution in [0.15, 0.2) is 61.6 Å². The summed E-state index contributed by atoms with van der Waals surface area (Å²) in [5.41, 5.74) is 5.14. The first-order chi connectivity index (χ1) is 20.0. The number of anilines is 4. The molecule has 4 aromatic rings. The van der Waals surface area contributed by atoms with Crippen LogP contribution in [0.4, 0.5) is 22.9 Å². The Morgan fingerprint density at radius 2 is 1.85 bits per heavy atom. The maximum absolute atomic E-state index is 12.4. The number of rotatable bonds is 8. The predicted octanol–water partition coefficient (Wildman–Crippen LogP) is 4.97. The number of carbonyl (C=O) groups excluding carboxylic acids is 1. The molecule has 2 aliphatic rings. The van der Waals surface area contributed by atoms with Crippen molar-refractivity contribution >= 4 is 39.7 Å². The van der Waals surface area contributed by atoms with Crippen molar-refractivity contribution in [2.45, 2.75) is 31.7 Å². The van der Waals surface area contributed by atoms with E-state index in [4.69, 9.17) is 4.74 Å². The van der Waals surface area contributed by atoms with Crippen molar-refractivity contribution in [3.8, 4) is 17.0 Å². The molecule has 0 radical (unpaired) electrons. The highest BCUT2D eigenvalue weighted by Crippen LogP contribution is 2.40. The van der Waals surface area contributed by atoms with Crippen molar-refractivity contribution in [2.75, 3.05) is 48.8 Å². The summed E-state index contributed by atoms with van der Waals surface area (Å²) in [5.74, 6) is 1.01. The molecule has 6 rings (SSSR count). The Morgan fingerprint density at radius 1 is 1.05 bits per heavy atom. The second-order valence-corrected chi connectivity index (χ2v) is 10.7. The second-order valence-electron chi connectivity index (χ2n) is 10.7. The van der Waals surface area contributed by atoms with Gasteiger partial charge in [0.15, 0.2) is 0 Å². The van der Waals surface area contributed by atoms with Gasteiger partial charge in [0.1, 0.15) is 17.9 Å². The third-order valence-corrected chi connectivity index (χ3v) is 8.20. The lowest BCUT2D eigenvalue weighted by atomic mass is 10.0. The minimum Gasteiger partial charge on any atom is -0.494 e. The third kappa shape index (κ3) is 5.60. The first-order valence-corrected chi connectivity index (χ1v) is 14.2. The molecule has 0 spiro atoms. The molecular weight excluding hydrogens is 516 g/mol. The topological polar surface area (TPSA) is 100 Å². The number of amides is 1. The van der Waals surface area contributed by atoms with Gasteiger partial charge < -0.3 is 25.2 Å². The molecular formula is C31H36N8O2. The van der Waals surface area contributed by atoms with Crippen molar-refractivity contribution in [1.82, 2.24) is 24.6 Å². The maximum Gasteiger partial charge on any atom is 0.247 e. The smallest absolute Gasteiger partial charge is 0.247 e. The van der Waals surface area contributed by atoms with E-state index in [1.54, 1.807) is 7.11 Å². The number of nitrogens with one attached hydrogen (secondary N) is 2. The number of methoxy groups -OCH3 is 1. The minimum atomic E-state index is -0.260. The summed E-state index contributed by atoms with van der Waals surface area (Å²) in [6, 6.07) is 12.6. The van der Waals surface area contributed by atoms with Crippen molar-refractivity contribution in [2.24, 2.45) is 7.05 Å². The maximum atomic E-state index is 12.4. The van der Waals surface area contributed by atoms with E-state index < -0.39 is 0 Å². The summed E-state index contributed by atoms with van der Waals surface area (Å²) in [6.07, 6.45) is 9.48.